The lowest BCUT2D eigenvalue weighted by Crippen LogP contribution is -2.40. The molecule has 2 rings (SSSR count). The second-order valence-corrected chi connectivity index (χ2v) is 3.88. The van der Waals surface area contributed by atoms with Gasteiger partial charge in [-0.25, -0.2) is 5.32 Å². The molecule has 0 N–H and O–H groups in total. The molecule has 1 atom stereocenters. The van der Waals surface area contributed by atoms with E-state index in [1.165, 1.54) is 0 Å². The topological polar surface area (TPSA) is 41.1 Å². The van der Waals surface area contributed by atoms with E-state index in [9.17, 15) is 0 Å². The molecule has 1 aromatic carbocycles. The van der Waals surface area contributed by atoms with Crippen LogP contribution in [-0.2, 0) is 0 Å². The maximum atomic E-state index is 9.01. The molecule has 1 unspecified atom stereocenters. The first-order valence-electron chi connectivity index (χ1n) is 5.15. The lowest BCUT2D eigenvalue weighted by Gasteiger charge is -2.30. The van der Waals surface area contributed by atoms with Gasteiger partial charge >= 0.3 is 0 Å². The van der Waals surface area contributed by atoms with E-state index in [0.29, 0.717) is 0 Å². The average Bonchev–Trinajstić information content (AvgIpc) is 2.29. The molecule has 1 aliphatic rings. The van der Waals surface area contributed by atoms with Gasteiger partial charge in [0.25, 0.3) is 0 Å². The quantitative estimate of drug-likeness (QED) is 0.682. The van der Waals surface area contributed by atoms with Crippen molar-refractivity contribution in [2.24, 2.45) is 0 Å². The van der Waals surface area contributed by atoms with Crippen LogP contribution in [-0.4, -0.2) is 31.6 Å². The fraction of sp³-hybridized carbons (Fsp3) is 0.417. The molecule has 1 saturated heterocycles. The van der Waals surface area contributed by atoms with Crippen LogP contribution in [0.1, 0.15) is 17.2 Å². The molecule has 0 aliphatic carbocycles. The minimum atomic E-state index is 0.166. The summed E-state index contributed by atoms with van der Waals surface area (Å²) in [5.41, 5.74) is 1.81. The molecule has 3 nitrogen and oxygen atoms in total. The minimum absolute atomic E-state index is 0.166. The van der Waals surface area contributed by atoms with Gasteiger partial charge in [-0.15, -0.1) is 0 Å². The zero-order valence-electron chi connectivity index (χ0n) is 8.85. The molecule has 1 aromatic rings. The summed E-state index contributed by atoms with van der Waals surface area (Å²) in [6, 6.07) is 10.1. The van der Waals surface area contributed by atoms with Gasteiger partial charge in [0.2, 0.25) is 0 Å². The van der Waals surface area contributed by atoms with Gasteiger partial charge in [-0.3, -0.25) is 0 Å². The van der Waals surface area contributed by atoms with Crippen LogP contribution < -0.4 is 5.32 Å². The molecule has 0 spiro atoms. The zero-order chi connectivity index (χ0) is 10.7. The van der Waals surface area contributed by atoms with Crippen molar-refractivity contribution in [3.63, 3.8) is 0 Å². The van der Waals surface area contributed by atoms with Gasteiger partial charge in [-0.1, -0.05) is 18.2 Å². The maximum absolute atomic E-state index is 9.01. The minimum Gasteiger partial charge on any atom is -0.303 e. The Kier molecular flexibility index (Phi) is 3.00. The van der Waals surface area contributed by atoms with Crippen LogP contribution in [0.4, 0.5) is 0 Å². The summed E-state index contributed by atoms with van der Waals surface area (Å²) in [5.74, 6) is 0. The summed E-state index contributed by atoms with van der Waals surface area (Å²) in [5, 5.41) is 13.6. The van der Waals surface area contributed by atoms with Crippen LogP contribution in [0.3, 0.4) is 0 Å². The average molecular weight is 200 g/mol. The second kappa shape index (κ2) is 4.43. The standard InChI is InChI=1S/C12H14N3/c1-15-7-6-14-12(9-15)11-5-3-2-4-10(11)8-13/h2-5,12H,6-7,9H2,1H3. The highest BCUT2D eigenvalue weighted by Crippen LogP contribution is 2.21. The normalized spacial score (nSPS) is 22.3. The van der Waals surface area contributed by atoms with Crippen molar-refractivity contribution in [3.05, 3.63) is 35.4 Å². The Morgan fingerprint density at radius 1 is 1.47 bits per heavy atom. The fourth-order valence-corrected chi connectivity index (χ4v) is 1.91. The molecular weight excluding hydrogens is 186 g/mol. The Labute approximate surface area is 90.3 Å². The number of likely N-dealkylation sites (N-methyl/N-ethyl adjacent to an activating group) is 1. The van der Waals surface area contributed by atoms with E-state index >= 15 is 0 Å². The van der Waals surface area contributed by atoms with Crippen molar-refractivity contribution < 1.29 is 0 Å². The summed E-state index contributed by atoms with van der Waals surface area (Å²) in [7, 11) is 2.09. The third-order valence-corrected chi connectivity index (χ3v) is 2.76. The van der Waals surface area contributed by atoms with Gasteiger partial charge in [0, 0.05) is 19.6 Å². The molecule has 1 aliphatic heterocycles. The number of benzene rings is 1. The van der Waals surface area contributed by atoms with Crippen LogP contribution in [0.5, 0.6) is 0 Å². The lowest BCUT2D eigenvalue weighted by atomic mass is 9.99. The third kappa shape index (κ3) is 2.17. The number of piperazine rings is 1. The number of hydrogen-bond acceptors (Lipinski definition) is 2. The van der Waals surface area contributed by atoms with Crippen LogP contribution in [0.2, 0.25) is 0 Å². The smallest absolute Gasteiger partial charge is 0.0995 e. The molecule has 0 bridgehead atoms. The highest BCUT2D eigenvalue weighted by Gasteiger charge is 2.21. The molecule has 15 heavy (non-hydrogen) atoms. The van der Waals surface area contributed by atoms with Gasteiger partial charge in [0.15, 0.2) is 0 Å². The largest absolute Gasteiger partial charge is 0.303 e. The molecule has 77 valence electrons. The molecule has 3 heteroatoms. The third-order valence-electron chi connectivity index (χ3n) is 2.76. The summed E-state index contributed by atoms with van der Waals surface area (Å²) >= 11 is 0. The number of nitriles is 1. The van der Waals surface area contributed by atoms with Crippen molar-refractivity contribution >= 4 is 0 Å². The molecule has 1 heterocycles. The highest BCUT2D eigenvalue weighted by atomic mass is 15.2. The van der Waals surface area contributed by atoms with Crippen molar-refractivity contribution in [1.82, 2.24) is 10.2 Å². The van der Waals surface area contributed by atoms with Crippen LogP contribution >= 0.6 is 0 Å². The maximum Gasteiger partial charge on any atom is 0.0995 e. The summed E-state index contributed by atoms with van der Waals surface area (Å²) in [4.78, 5) is 2.26. The van der Waals surface area contributed by atoms with Gasteiger partial charge in [0.1, 0.15) is 0 Å². The lowest BCUT2D eigenvalue weighted by molar-refractivity contribution is 0.236. The predicted molar refractivity (Wildman–Crippen MR) is 58.4 cm³/mol. The Morgan fingerprint density at radius 3 is 3.00 bits per heavy atom. The van der Waals surface area contributed by atoms with Crippen LogP contribution in [0, 0.1) is 11.3 Å². The highest BCUT2D eigenvalue weighted by molar-refractivity contribution is 5.39. The molecule has 1 fully saturated rings. The van der Waals surface area contributed by atoms with E-state index < -0.39 is 0 Å². The first kappa shape index (κ1) is 10.2. The first-order valence-corrected chi connectivity index (χ1v) is 5.15. The molecule has 1 radical (unpaired) electrons. The Bertz CT molecular complexity index is 381. The van der Waals surface area contributed by atoms with Gasteiger partial charge < -0.3 is 4.90 Å². The van der Waals surface area contributed by atoms with Gasteiger partial charge in [-0.05, 0) is 18.7 Å². The molecule has 0 amide bonds. The van der Waals surface area contributed by atoms with Crippen molar-refractivity contribution in [3.8, 4) is 6.07 Å². The first-order chi connectivity index (χ1) is 7.31. The molecular formula is C12H14N3. The van der Waals surface area contributed by atoms with Crippen molar-refractivity contribution in [2.45, 2.75) is 6.04 Å². The van der Waals surface area contributed by atoms with Crippen molar-refractivity contribution in [1.29, 1.82) is 5.26 Å². The predicted octanol–water partition coefficient (Wildman–Crippen LogP) is 1.15. The molecule has 0 saturated carbocycles. The van der Waals surface area contributed by atoms with Gasteiger partial charge in [0.05, 0.1) is 17.7 Å². The van der Waals surface area contributed by atoms with E-state index in [-0.39, 0.29) is 6.04 Å². The van der Waals surface area contributed by atoms with E-state index in [4.69, 9.17) is 5.26 Å². The fourth-order valence-electron chi connectivity index (χ4n) is 1.91. The zero-order valence-corrected chi connectivity index (χ0v) is 8.85. The van der Waals surface area contributed by atoms with Crippen LogP contribution in [0.25, 0.3) is 0 Å². The number of nitrogens with zero attached hydrogens (tertiary/aromatic N) is 3. The van der Waals surface area contributed by atoms with E-state index in [2.05, 4.69) is 23.3 Å². The SMILES string of the molecule is CN1CC[N]C(c2ccccc2C#N)C1. The summed E-state index contributed by atoms with van der Waals surface area (Å²) < 4.78 is 0. The van der Waals surface area contributed by atoms with Crippen LogP contribution in [0.15, 0.2) is 24.3 Å². The number of hydrogen-bond donors (Lipinski definition) is 0. The summed E-state index contributed by atoms with van der Waals surface area (Å²) in [6.45, 7) is 2.80. The molecule has 0 aromatic heterocycles. The Hall–Kier alpha value is -1.37. The Balaban J connectivity index is 2.25. The second-order valence-electron chi connectivity index (χ2n) is 3.88. The monoisotopic (exact) mass is 200 g/mol. The number of rotatable bonds is 1. The van der Waals surface area contributed by atoms with E-state index in [1.807, 2.05) is 24.3 Å². The summed E-state index contributed by atoms with van der Waals surface area (Å²) in [6.07, 6.45) is 0. The Morgan fingerprint density at radius 2 is 2.27 bits per heavy atom. The van der Waals surface area contributed by atoms with E-state index in [1.54, 1.807) is 0 Å². The van der Waals surface area contributed by atoms with E-state index in [0.717, 1.165) is 30.8 Å². The van der Waals surface area contributed by atoms with Gasteiger partial charge in [-0.2, -0.15) is 5.26 Å². The van der Waals surface area contributed by atoms with Crippen molar-refractivity contribution in [2.75, 3.05) is 26.7 Å².